The molecule has 2 aromatic rings. The Hall–Kier alpha value is -1.30. The van der Waals surface area contributed by atoms with Crippen molar-refractivity contribution >= 4 is 15.9 Å². The van der Waals surface area contributed by atoms with Gasteiger partial charge in [0.05, 0.1) is 30.1 Å². The van der Waals surface area contributed by atoms with Crippen molar-refractivity contribution in [2.75, 3.05) is 0 Å². The van der Waals surface area contributed by atoms with Crippen LogP contribution in [-0.2, 0) is 6.18 Å². The van der Waals surface area contributed by atoms with Crippen molar-refractivity contribution in [1.29, 1.82) is 0 Å². The van der Waals surface area contributed by atoms with E-state index in [1.165, 1.54) is 0 Å². The van der Waals surface area contributed by atoms with E-state index in [0.717, 1.165) is 0 Å². The van der Waals surface area contributed by atoms with Crippen molar-refractivity contribution in [3.8, 4) is 5.69 Å². The first kappa shape index (κ1) is 5.86. The van der Waals surface area contributed by atoms with Crippen LogP contribution < -0.4 is 0 Å². The third-order valence-corrected chi connectivity index (χ3v) is 1.91. The fraction of sp³-hybridized carbons (Fsp3) is 0.100. The zero-order valence-corrected chi connectivity index (χ0v) is 8.99. The monoisotopic (exact) mass is 296 g/mol. The Bertz CT molecular complexity index is 744. The third-order valence-electron chi connectivity index (χ3n) is 1.56. The number of aromatic nitrogens is 2. The number of alkyl halides is 3. The molecule has 0 fully saturated rings. The lowest BCUT2D eigenvalue weighted by Gasteiger charge is -2.07. The maximum Gasteiger partial charge on any atom is 0.416 e. The Morgan fingerprint density at radius 1 is 1.25 bits per heavy atom. The predicted molar refractivity (Wildman–Crippen MR) is 56.3 cm³/mol. The van der Waals surface area contributed by atoms with E-state index in [1.807, 2.05) is 0 Å². The number of rotatable bonds is 1. The minimum absolute atomic E-state index is 0.0794. The molecule has 0 radical (unpaired) electrons. The second kappa shape index (κ2) is 3.93. The van der Waals surface area contributed by atoms with Gasteiger partial charge in [0.2, 0.25) is 0 Å². The highest BCUT2D eigenvalue weighted by Gasteiger charge is 2.29. The summed E-state index contributed by atoms with van der Waals surface area (Å²) >= 11 is 2.88. The van der Waals surface area contributed by atoms with Crippen LogP contribution in [0.3, 0.4) is 0 Å². The van der Waals surface area contributed by atoms with Crippen molar-refractivity contribution in [3.05, 3.63) is 46.6 Å². The Labute approximate surface area is 106 Å². The average Bonchev–Trinajstić information content (AvgIpc) is 2.64. The molecule has 16 heavy (non-hydrogen) atoms. The normalized spacial score (nSPS) is 17.0. The molecule has 0 saturated heterocycles. The van der Waals surface area contributed by atoms with E-state index in [0.29, 0.717) is 4.68 Å². The number of nitrogens with zero attached hydrogens (tertiary/aromatic N) is 2. The molecule has 0 spiro atoms. The summed E-state index contributed by atoms with van der Waals surface area (Å²) < 4.78 is 84.4. The fourth-order valence-electron chi connectivity index (χ4n) is 0.896. The second-order valence-corrected chi connectivity index (χ2v) is 3.46. The minimum atomic E-state index is -5.05. The predicted octanol–water partition coefficient (Wildman–Crippen LogP) is 3.65. The highest BCUT2D eigenvalue weighted by Crippen LogP contribution is 2.29. The van der Waals surface area contributed by atoms with Gasteiger partial charge in [0.1, 0.15) is 0 Å². The molecular weight excluding hydrogens is 285 g/mol. The van der Waals surface area contributed by atoms with Crippen molar-refractivity contribution < 1.29 is 21.4 Å². The zero-order chi connectivity index (χ0) is 17.0. The van der Waals surface area contributed by atoms with Gasteiger partial charge in [-0.15, -0.1) is 0 Å². The van der Waals surface area contributed by atoms with E-state index in [1.54, 1.807) is 0 Å². The number of hydrogen-bond acceptors (Lipinski definition) is 1. The molecule has 0 unspecified atom stereocenters. The number of hydrogen-bond donors (Lipinski definition) is 0. The summed E-state index contributed by atoms with van der Waals surface area (Å²) in [5.74, 6) is 0. The summed E-state index contributed by atoms with van der Waals surface area (Å²) in [6.45, 7) is 0. The van der Waals surface area contributed by atoms with Crippen molar-refractivity contribution in [3.63, 3.8) is 0 Å². The van der Waals surface area contributed by atoms with E-state index in [9.17, 15) is 13.2 Å². The number of benzene rings is 1. The lowest BCUT2D eigenvalue weighted by Crippen LogP contribution is -2.05. The zero-order valence-electron chi connectivity index (χ0n) is 13.4. The van der Waals surface area contributed by atoms with Gasteiger partial charge in [0.15, 0.2) is 0 Å². The maximum absolute atomic E-state index is 12.8. The van der Waals surface area contributed by atoms with Crippen LogP contribution in [-0.4, -0.2) is 9.78 Å². The van der Waals surface area contributed by atoms with Gasteiger partial charge in [-0.2, -0.15) is 18.3 Å². The molecule has 1 heterocycles. The molecule has 2 nitrogen and oxygen atoms in total. The molecule has 0 bridgehead atoms. The lowest BCUT2D eigenvalue weighted by molar-refractivity contribution is -0.137. The molecule has 0 N–H and O–H groups in total. The SMILES string of the molecule is [2H]c1nn(-c2c([2H])c([2H])c(C(F)(F)F)c([2H])c2[2H])c([2H])c1Br. The van der Waals surface area contributed by atoms with Gasteiger partial charge >= 0.3 is 6.18 Å². The first-order valence-corrected chi connectivity index (χ1v) is 4.67. The van der Waals surface area contributed by atoms with Crippen LogP contribution in [0.25, 0.3) is 5.69 Å². The maximum atomic E-state index is 12.8. The molecule has 0 aliphatic carbocycles. The van der Waals surface area contributed by atoms with Gasteiger partial charge in [0, 0.05) is 6.17 Å². The molecule has 1 aromatic carbocycles. The first-order valence-electron chi connectivity index (χ1n) is 6.88. The molecule has 84 valence electrons. The van der Waals surface area contributed by atoms with Crippen molar-refractivity contribution in [1.82, 2.24) is 9.78 Å². The summed E-state index contributed by atoms with van der Waals surface area (Å²) in [6, 6.07) is -4.53. The smallest absolute Gasteiger partial charge is 0.240 e. The molecule has 0 amide bonds. The van der Waals surface area contributed by atoms with Gasteiger partial charge in [-0.3, -0.25) is 0 Å². The summed E-state index contributed by atoms with van der Waals surface area (Å²) in [5.41, 5.74) is -2.30. The molecule has 2 rings (SSSR count). The van der Waals surface area contributed by atoms with Gasteiger partial charge < -0.3 is 0 Å². The van der Waals surface area contributed by atoms with Gasteiger partial charge in [-0.05, 0) is 40.1 Å². The molecule has 0 aliphatic heterocycles. The Kier molecular flexibility index (Phi) is 1.44. The molecule has 0 saturated carbocycles. The summed E-state index contributed by atoms with van der Waals surface area (Å²) in [5, 5.41) is 3.54. The van der Waals surface area contributed by atoms with E-state index >= 15 is 0 Å². The van der Waals surface area contributed by atoms with E-state index in [4.69, 9.17) is 8.22 Å². The van der Waals surface area contributed by atoms with Crippen LogP contribution in [0.1, 0.15) is 13.8 Å². The molecule has 1 aromatic heterocycles. The van der Waals surface area contributed by atoms with Gasteiger partial charge in [-0.25, -0.2) is 4.68 Å². The molecule has 0 atom stereocenters. The van der Waals surface area contributed by atoms with Crippen LogP contribution >= 0.6 is 15.9 Å². The van der Waals surface area contributed by atoms with Crippen LogP contribution in [0, 0.1) is 0 Å². The second-order valence-electron chi connectivity index (χ2n) is 2.67. The quantitative estimate of drug-likeness (QED) is 0.785. The van der Waals surface area contributed by atoms with Crippen LogP contribution in [0.4, 0.5) is 13.2 Å². The topological polar surface area (TPSA) is 17.8 Å². The Morgan fingerprint density at radius 3 is 2.31 bits per heavy atom. The molecule has 6 heteroatoms. The van der Waals surface area contributed by atoms with Crippen LogP contribution in [0.2, 0.25) is 0 Å². The molecular formula is C10H6BrF3N2. The Morgan fingerprint density at radius 2 is 1.88 bits per heavy atom. The third kappa shape index (κ3) is 2.27. The minimum Gasteiger partial charge on any atom is -0.240 e. The van der Waals surface area contributed by atoms with Crippen molar-refractivity contribution in [2.45, 2.75) is 6.18 Å². The summed E-state index contributed by atoms with van der Waals surface area (Å²) in [7, 11) is 0. The van der Waals surface area contributed by atoms with E-state index < -0.39 is 53.9 Å². The van der Waals surface area contributed by atoms with E-state index in [2.05, 4.69) is 21.0 Å². The lowest BCUT2D eigenvalue weighted by atomic mass is 10.2. The summed E-state index contributed by atoms with van der Waals surface area (Å²) in [4.78, 5) is 0. The molecule has 0 aliphatic rings. The van der Waals surface area contributed by atoms with Gasteiger partial charge in [0.25, 0.3) is 0 Å². The number of halogens is 4. The van der Waals surface area contributed by atoms with Crippen LogP contribution in [0.5, 0.6) is 0 Å². The highest BCUT2D eigenvalue weighted by atomic mass is 79.9. The highest BCUT2D eigenvalue weighted by molar-refractivity contribution is 9.10. The van der Waals surface area contributed by atoms with Crippen LogP contribution in [0.15, 0.2) is 41.0 Å². The standard InChI is InChI=1S/C10H6BrF3N2/c11-8-5-15-16(6-8)9-3-1-7(2-4-9)10(12,13)14/h1-6H/i1D,2D,3D,4D,5D,6D. The van der Waals surface area contributed by atoms with Crippen molar-refractivity contribution in [2.24, 2.45) is 0 Å². The van der Waals surface area contributed by atoms with E-state index in [-0.39, 0.29) is 4.47 Å². The first-order chi connectivity index (χ1) is 9.98. The largest absolute Gasteiger partial charge is 0.416 e. The summed E-state index contributed by atoms with van der Waals surface area (Å²) in [6.07, 6.45) is -5.93. The Balaban J connectivity index is 2.88. The fourth-order valence-corrected chi connectivity index (χ4v) is 1.14. The van der Waals surface area contributed by atoms with Gasteiger partial charge in [-0.1, -0.05) is 0 Å². The average molecular weight is 297 g/mol.